The summed E-state index contributed by atoms with van der Waals surface area (Å²) in [6.07, 6.45) is 1.29. The minimum Gasteiger partial charge on any atom is -0.330 e. The van der Waals surface area contributed by atoms with Gasteiger partial charge in [-0.25, -0.2) is 0 Å². The predicted molar refractivity (Wildman–Crippen MR) is 75.2 cm³/mol. The van der Waals surface area contributed by atoms with Crippen LogP contribution in [-0.2, 0) is 4.79 Å². The highest BCUT2D eigenvalue weighted by Gasteiger charge is 2.06. The molecule has 1 unspecified atom stereocenters. The summed E-state index contributed by atoms with van der Waals surface area (Å²) in [5.41, 5.74) is 6.24. The predicted octanol–water partition coefficient (Wildman–Crippen LogP) is 3.42. The second kappa shape index (κ2) is 6.99. The molecule has 0 bridgehead atoms. The number of carbonyl (C=O) groups excluding carboxylic acids is 1. The van der Waals surface area contributed by atoms with Gasteiger partial charge in [-0.2, -0.15) is 0 Å². The zero-order valence-electron chi connectivity index (χ0n) is 9.67. The van der Waals surface area contributed by atoms with Crippen LogP contribution in [-0.4, -0.2) is 12.5 Å². The van der Waals surface area contributed by atoms with E-state index in [4.69, 9.17) is 17.3 Å². The number of rotatable bonds is 5. The van der Waals surface area contributed by atoms with Crippen LogP contribution in [0.5, 0.6) is 0 Å². The maximum absolute atomic E-state index is 11.6. The lowest BCUT2D eigenvalue weighted by molar-refractivity contribution is -0.116. The van der Waals surface area contributed by atoms with Crippen molar-refractivity contribution >= 4 is 39.1 Å². The van der Waals surface area contributed by atoms with Crippen LogP contribution in [0.1, 0.15) is 19.8 Å². The number of benzene rings is 1. The van der Waals surface area contributed by atoms with E-state index in [-0.39, 0.29) is 5.91 Å². The Morgan fingerprint density at radius 1 is 1.59 bits per heavy atom. The number of hydrogen-bond donors (Lipinski definition) is 2. The third-order valence-electron chi connectivity index (χ3n) is 2.47. The zero-order chi connectivity index (χ0) is 12.8. The lowest BCUT2D eigenvalue weighted by atomic mass is 10.1. The SMILES string of the molecule is CC(CN)CCC(=O)Nc1ccc(Cl)c(Br)c1. The van der Waals surface area contributed by atoms with Crippen molar-refractivity contribution in [3.63, 3.8) is 0 Å². The second-order valence-corrected chi connectivity index (χ2v) is 5.32. The monoisotopic (exact) mass is 318 g/mol. The number of carbonyl (C=O) groups is 1. The molecule has 17 heavy (non-hydrogen) atoms. The van der Waals surface area contributed by atoms with Gasteiger partial charge >= 0.3 is 0 Å². The van der Waals surface area contributed by atoms with Crippen LogP contribution >= 0.6 is 27.5 Å². The zero-order valence-corrected chi connectivity index (χ0v) is 12.0. The molecule has 1 atom stereocenters. The summed E-state index contributed by atoms with van der Waals surface area (Å²) in [7, 11) is 0. The fourth-order valence-electron chi connectivity index (χ4n) is 1.29. The van der Waals surface area contributed by atoms with Gasteiger partial charge in [0, 0.05) is 16.6 Å². The second-order valence-electron chi connectivity index (χ2n) is 4.06. The summed E-state index contributed by atoms with van der Waals surface area (Å²) in [5, 5.41) is 3.45. The third kappa shape index (κ3) is 5.06. The molecule has 0 spiro atoms. The Balaban J connectivity index is 2.48. The van der Waals surface area contributed by atoms with Crippen molar-refractivity contribution in [3.05, 3.63) is 27.7 Å². The quantitative estimate of drug-likeness (QED) is 0.873. The van der Waals surface area contributed by atoms with E-state index in [9.17, 15) is 4.79 Å². The molecule has 0 aliphatic rings. The highest BCUT2D eigenvalue weighted by molar-refractivity contribution is 9.10. The van der Waals surface area contributed by atoms with Crippen molar-refractivity contribution in [2.45, 2.75) is 19.8 Å². The molecule has 1 rings (SSSR count). The molecular weight excluding hydrogens is 304 g/mol. The minimum absolute atomic E-state index is 0.000442. The van der Waals surface area contributed by atoms with E-state index in [1.54, 1.807) is 18.2 Å². The highest BCUT2D eigenvalue weighted by Crippen LogP contribution is 2.25. The highest BCUT2D eigenvalue weighted by atomic mass is 79.9. The van der Waals surface area contributed by atoms with E-state index in [0.717, 1.165) is 16.6 Å². The van der Waals surface area contributed by atoms with Crippen LogP contribution in [0.2, 0.25) is 5.02 Å². The van der Waals surface area contributed by atoms with E-state index in [2.05, 4.69) is 21.2 Å². The van der Waals surface area contributed by atoms with Gasteiger partial charge < -0.3 is 11.1 Å². The molecule has 0 aromatic heterocycles. The Labute approximate surface area is 115 Å². The van der Waals surface area contributed by atoms with Gasteiger partial charge in [-0.1, -0.05) is 18.5 Å². The first-order chi connectivity index (χ1) is 8.02. The number of halogens is 2. The van der Waals surface area contributed by atoms with Crippen molar-refractivity contribution in [2.24, 2.45) is 11.7 Å². The van der Waals surface area contributed by atoms with Gasteiger partial charge in [-0.3, -0.25) is 4.79 Å². The van der Waals surface area contributed by atoms with Crippen molar-refractivity contribution in [2.75, 3.05) is 11.9 Å². The average molecular weight is 320 g/mol. The molecule has 0 radical (unpaired) electrons. The van der Waals surface area contributed by atoms with Crippen LogP contribution in [0.3, 0.4) is 0 Å². The van der Waals surface area contributed by atoms with Crippen molar-refractivity contribution in [3.8, 4) is 0 Å². The number of anilines is 1. The molecule has 0 aliphatic heterocycles. The van der Waals surface area contributed by atoms with Crippen LogP contribution in [0.4, 0.5) is 5.69 Å². The number of nitrogens with one attached hydrogen (secondary N) is 1. The maximum atomic E-state index is 11.6. The smallest absolute Gasteiger partial charge is 0.224 e. The van der Waals surface area contributed by atoms with Gasteiger partial charge in [0.25, 0.3) is 0 Å². The summed E-state index contributed by atoms with van der Waals surface area (Å²) in [6, 6.07) is 5.30. The largest absolute Gasteiger partial charge is 0.330 e. The third-order valence-corrected chi connectivity index (χ3v) is 3.68. The van der Waals surface area contributed by atoms with Crippen LogP contribution in [0, 0.1) is 5.92 Å². The van der Waals surface area contributed by atoms with Crippen LogP contribution in [0.15, 0.2) is 22.7 Å². The van der Waals surface area contributed by atoms with E-state index in [1.165, 1.54) is 0 Å². The van der Waals surface area contributed by atoms with Gasteiger partial charge in [-0.15, -0.1) is 0 Å². The maximum Gasteiger partial charge on any atom is 0.224 e. The van der Waals surface area contributed by atoms with E-state index in [0.29, 0.717) is 23.9 Å². The topological polar surface area (TPSA) is 55.1 Å². The molecule has 0 saturated heterocycles. The number of hydrogen-bond acceptors (Lipinski definition) is 2. The minimum atomic E-state index is -0.000442. The van der Waals surface area contributed by atoms with Gasteiger partial charge in [0.05, 0.1) is 5.02 Å². The summed E-state index contributed by atoms with van der Waals surface area (Å²) < 4.78 is 0.771. The average Bonchev–Trinajstić information content (AvgIpc) is 2.31. The summed E-state index contributed by atoms with van der Waals surface area (Å²) >= 11 is 9.17. The molecule has 0 saturated carbocycles. The lowest BCUT2D eigenvalue weighted by Crippen LogP contribution is -2.16. The van der Waals surface area contributed by atoms with Gasteiger partial charge in [-0.05, 0) is 53.0 Å². The van der Waals surface area contributed by atoms with Crippen molar-refractivity contribution in [1.29, 1.82) is 0 Å². The molecule has 1 aromatic carbocycles. The molecule has 1 amide bonds. The Kier molecular flexibility index (Phi) is 5.95. The first-order valence-corrected chi connectivity index (χ1v) is 6.65. The summed E-state index contributed by atoms with van der Waals surface area (Å²) in [5.74, 6) is 0.372. The molecule has 1 aromatic rings. The molecule has 0 fully saturated rings. The summed E-state index contributed by atoms with van der Waals surface area (Å²) in [4.78, 5) is 11.6. The molecular formula is C12H16BrClN2O. The van der Waals surface area contributed by atoms with Crippen molar-refractivity contribution < 1.29 is 4.79 Å². The molecule has 5 heteroatoms. The summed E-state index contributed by atoms with van der Waals surface area (Å²) in [6.45, 7) is 2.64. The van der Waals surface area contributed by atoms with Gasteiger partial charge in [0.2, 0.25) is 5.91 Å². The number of amides is 1. The van der Waals surface area contributed by atoms with Gasteiger partial charge in [0.15, 0.2) is 0 Å². The molecule has 0 heterocycles. The lowest BCUT2D eigenvalue weighted by Gasteiger charge is -2.09. The normalized spacial score (nSPS) is 12.2. The molecule has 3 N–H and O–H groups in total. The molecule has 3 nitrogen and oxygen atoms in total. The van der Waals surface area contributed by atoms with Crippen LogP contribution in [0.25, 0.3) is 0 Å². The van der Waals surface area contributed by atoms with E-state index < -0.39 is 0 Å². The Morgan fingerprint density at radius 2 is 2.29 bits per heavy atom. The fraction of sp³-hybridized carbons (Fsp3) is 0.417. The Hall–Kier alpha value is -0.580. The van der Waals surface area contributed by atoms with Gasteiger partial charge in [0.1, 0.15) is 0 Å². The van der Waals surface area contributed by atoms with Crippen LogP contribution < -0.4 is 11.1 Å². The Bertz CT molecular complexity index is 398. The first-order valence-electron chi connectivity index (χ1n) is 5.48. The Morgan fingerprint density at radius 3 is 2.88 bits per heavy atom. The van der Waals surface area contributed by atoms with Crippen molar-refractivity contribution in [1.82, 2.24) is 0 Å². The van der Waals surface area contributed by atoms with E-state index in [1.807, 2.05) is 6.92 Å². The standard InChI is InChI=1S/C12H16BrClN2O/c1-8(7-15)2-5-12(17)16-9-3-4-11(14)10(13)6-9/h3-4,6,8H,2,5,7,15H2,1H3,(H,16,17). The first kappa shape index (κ1) is 14.5. The molecule has 94 valence electrons. The fourth-order valence-corrected chi connectivity index (χ4v) is 1.79. The molecule has 0 aliphatic carbocycles. The van der Waals surface area contributed by atoms with E-state index >= 15 is 0 Å². The number of nitrogens with two attached hydrogens (primary N) is 1.